The van der Waals surface area contributed by atoms with Gasteiger partial charge in [0.2, 0.25) is 10.0 Å². The number of sulfonamides is 1. The molecule has 1 heterocycles. The van der Waals surface area contributed by atoms with Gasteiger partial charge in [-0.05, 0) is 85.1 Å². The fraction of sp³-hybridized carbons (Fsp3) is 0.250. The lowest BCUT2D eigenvalue weighted by atomic mass is 9.83. The molecule has 11 heteroatoms. The van der Waals surface area contributed by atoms with E-state index >= 15 is 0 Å². The number of carbonyl (C=O) groups excluding carboxylic acids is 1. The zero-order valence-corrected chi connectivity index (χ0v) is 22.3. The number of benzene rings is 3. The van der Waals surface area contributed by atoms with Crippen molar-refractivity contribution in [2.75, 3.05) is 17.6 Å². The summed E-state index contributed by atoms with van der Waals surface area (Å²) in [5.41, 5.74) is 3.49. The van der Waals surface area contributed by atoms with Gasteiger partial charge in [-0.25, -0.2) is 17.1 Å². The predicted molar refractivity (Wildman–Crippen MR) is 149 cm³/mol. The highest BCUT2D eigenvalue weighted by Crippen LogP contribution is 2.49. The molecule has 1 fully saturated rings. The van der Waals surface area contributed by atoms with Crippen molar-refractivity contribution in [1.82, 2.24) is 5.32 Å². The van der Waals surface area contributed by atoms with Gasteiger partial charge in [0.15, 0.2) is 0 Å². The molecule has 39 heavy (non-hydrogen) atoms. The van der Waals surface area contributed by atoms with Crippen LogP contribution in [0.15, 0.2) is 65.1 Å². The molecule has 8 nitrogen and oxygen atoms in total. The van der Waals surface area contributed by atoms with E-state index in [0.717, 1.165) is 30.2 Å². The summed E-state index contributed by atoms with van der Waals surface area (Å²) in [6, 6.07) is 16.0. The summed E-state index contributed by atoms with van der Waals surface area (Å²) in [6.07, 6.45) is 3.35. The molecule has 0 aliphatic heterocycles. The van der Waals surface area contributed by atoms with E-state index in [1.807, 2.05) is 6.07 Å². The predicted octanol–water partition coefficient (Wildman–Crippen LogP) is 4.59. The molecule has 1 aliphatic rings. The standard InChI is InChI=1S/C28H28BFN2O6S/c1-31-28(33)26-23-15-22(18-6-7-18)24(16-25(23)38-27(26)19-8-10-20(30)11-9-19)32(39(2,36)37)21-5-3-4-17(14-21)12-13-29(34)35/h3-5,8-11,14-16,18,34-35H,6-7,12-13H2,1-2H3,(H,31,33). The summed E-state index contributed by atoms with van der Waals surface area (Å²) in [5.74, 6) is -0.419. The number of halogens is 1. The van der Waals surface area contributed by atoms with Crippen LogP contribution < -0.4 is 9.62 Å². The second-order valence-electron chi connectivity index (χ2n) is 9.79. The third-order valence-electron chi connectivity index (χ3n) is 6.80. The smallest absolute Gasteiger partial charge is 0.451 e. The highest BCUT2D eigenvalue weighted by Gasteiger charge is 2.34. The average molecular weight is 550 g/mol. The van der Waals surface area contributed by atoms with Crippen molar-refractivity contribution in [1.29, 1.82) is 0 Å². The lowest BCUT2D eigenvalue weighted by molar-refractivity contribution is 0.0964. The van der Waals surface area contributed by atoms with E-state index in [9.17, 15) is 27.7 Å². The number of nitrogens with one attached hydrogen (secondary N) is 1. The fourth-order valence-electron chi connectivity index (χ4n) is 4.84. The van der Waals surface area contributed by atoms with Crippen molar-refractivity contribution in [3.05, 3.63) is 83.2 Å². The van der Waals surface area contributed by atoms with Crippen LogP contribution in [0.25, 0.3) is 22.3 Å². The second kappa shape index (κ2) is 10.5. The van der Waals surface area contributed by atoms with Gasteiger partial charge in [-0.15, -0.1) is 0 Å². The van der Waals surface area contributed by atoms with Gasteiger partial charge in [0.1, 0.15) is 17.2 Å². The molecule has 4 aromatic rings. The van der Waals surface area contributed by atoms with Crippen LogP contribution in [0, 0.1) is 5.82 Å². The molecular formula is C28H28BFN2O6S. The molecule has 5 rings (SSSR count). The normalized spacial score (nSPS) is 13.5. The highest BCUT2D eigenvalue weighted by atomic mass is 32.2. The minimum atomic E-state index is -3.83. The van der Waals surface area contributed by atoms with E-state index < -0.39 is 23.0 Å². The largest absolute Gasteiger partial charge is 0.455 e. The van der Waals surface area contributed by atoms with E-state index in [1.165, 1.54) is 35.6 Å². The first kappa shape index (κ1) is 26.9. The maximum absolute atomic E-state index is 13.6. The number of carbonyl (C=O) groups is 1. The van der Waals surface area contributed by atoms with Crippen molar-refractivity contribution in [3.8, 4) is 11.3 Å². The van der Waals surface area contributed by atoms with E-state index in [-0.39, 0.29) is 23.9 Å². The van der Waals surface area contributed by atoms with Gasteiger partial charge in [-0.3, -0.25) is 4.79 Å². The summed E-state index contributed by atoms with van der Waals surface area (Å²) >= 11 is 0. The highest BCUT2D eigenvalue weighted by molar-refractivity contribution is 7.92. The molecule has 3 aromatic carbocycles. The molecule has 0 atom stereocenters. The molecule has 0 spiro atoms. The molecule has 202 valence electrons. The molecule has 3 N–H and O–H groups in total. The lowest BCUT2D eigenvalue weighted by Gasteiger charge is -2.26. The number of fused-ring (bicyclic) bond motifs is 1. The average Bonchev–Trinajstić information content (AvgIpc) is 3.67. The van der Waals surface area contributed by atoms with Crippen LogP contribution in [0.5, 0.6) is 0 Å². The first-order chi connectivity index (χ1) is 18.6. The Labute approximate surface area is 226 Å². The van der Waals surface area contributed by atoms with E-state index in [1.54, 1.807) is 30.3 Å². The minimum absolute atomic E-state index is 0.114. The summed E-state index contributed by atoms with van der Waals surface area (Å²) in [4.78, 5) is 13.0. The Morgan fingerprint density at radius 2 is 1.85 bits per heavy atom. The molecule has 1 aliphatic carbocycles. The maximum Gasteiger partial charge on any atom is 0.451 e. The van der Waals surface area contributed by atoms with Crippen molar-refractivity contribution in [2.45, 2.75) is 31.5 Å². The zero-order valence-electron chi connectivity index (χ0n) is 21.5. The van der Waals surface area contributed by atoms with Crippen molar-refractivity contribution in [2.24, 2.45) is 0 Å². The van der Waals surface area contributed by atoms with Crippen LogP contribution >= 0.6 is 0 Å². The molecule has 0 saturated heterocycles. The van der Waals surface area contributed by atoms with Gasteiger partial charge in [0, 0.05) is 24.1 Å². The SMILES string of the molecule is CNC(=O)c1c(-c2ccc(F)cc2)oc2cc(N(c3cccc(CCB(O)O)c3)S(C)(=O)=O)c(C3CC3)cc12. The second-order valence-corrected chi connectivity index (χ2v) is 11.6. The molecule has 1 aromatic heterocycles. The van der Waals surface area contributed by atoms with E-state index in [4.69, 9.17) is 4.42 Å². The van der Waals surface area contributed by atoms with Crippen LogP contribution in [-0.2, 0) is 16.4 Å². The minimum Gasteiger partial charge on any atom is -0.455 e. The Kier molecular flexibility index (Phi) is 7.24. The number of anilines is 2. The third kappa shape index (κ3) is 5.56. The molecule has 0 unspecified atom stereocenters. The zero-order chi connectivity index (χ0) is 27.9. The Balaban J connectivity index is 1.72. The Bertz CT molecular complexity index is 1650. The number of nitrogens with zero attached hydrogens (tertiary/aromatic N) is 1. The van der Waals surface area contributed by atoms with Gasteiger partial charge >= 0.3 is 7.12 Å². The van der Waals surface area contributed by atoms with Crippen LogP contribution in [0.4, 0.5) is 15.8 Å². The fourth-order valence-corrected chi connectivity index (χ4v) is 5.86. The number of aryl methyl sites for hydroxylation is 1. The molecule has 0 radical (unpaired) electrons. The molecule has 1 saturated carbocycles. The number of amides is 1. The number of rotatable bonds is 9. The summed E-state index contributed by atoms with van der Waals surface area (Å²) in [6.45, 7) is 0. The monoisotopic (exact) mass is 550 g/mol. The Morgan fingerprint density at radius 3 is 2.46 bits per heavy atom. The van der Waals surface area contributed by atoms with Crippen molar-refractivity contribution >= 4 is 45.4 Å². The molecule has 1 amide bonds. The van der Waals surface area contributed by atoms with E-state index in [2.05, 4.69) is 5.32 Å². The van der Waals surface area contributed by atoms with Crippen molar-refractivity contribution < 1.29 is 32.1 Å². The van der Waals surface area contributed by atoms with Gasteiger partial charge in [0.25, 0.3) is 5.91 Å². The van der Waals surface area contributed by atoms with Gasteiger partial charge in [0.05, 0.1) is 23.2 Å². The summed E-state index contributed by atoms with van der Waals surface area (Å²) < 4.78 is 47.5. The first-order valence-corrected chi connectivity index (χ1v) is 14.5. The van der Waals surface area contributed by atoms with Gasteiger partial charge < -0.3 is 19.8 Å². The maximum atomic E-state index is 13.6. The van der Waals surface area contributed by atoms with Crippen molar-refractivity contribution in [3.63, 3.8) is 0 Å². The van der Waals surface area contributed by atoms with Gasteiger partial charge in [-0.2, -0.15) is 0 Å². The number of hydrogen-bond donors (Lipinski definition) is 3. The van der Waals surface area contributed by atoms with E-state index in [0.29, 0.717) is 39.9 Å². The van der Waals surface area contributed by atoms with Crippen LogP contribution in [0.3, 0.4) is 0 Å². The molecular weight excluding hydrogens is 522 g/mol. The molecule has 0 bridgehead atoms. The first-order valence-electron chi connectivity index (χ1n) is 12.6. The quantitative estimate of drug-likeness (QED) is 0.262. The Hall–Kier alpha value is -3.67. The summed E-state index contributed by atoms with van der Waals surface area (Å²) in [5, 5.41) is 21.7. The number of hydrogen-bond acceptors (Lipinski definition) is 6. The van der Waals surface area contributed by atoms with Crippen LogP contribution in [0.2, 0.25) is 6.32 Å². The van der Waals surface area contributed by atoms with Crippen LogP contribution in [0.1, 0.15) is 40.2 Å². The number of furan rings is 1. The third-order valence-corrected chi connectivity index (χ3v) is 7.87. The Morgan fingerprint density at radius 1 is 1.13 bits per heavy atom. The van der Waals surface area contributed by atoms with Crippen LogP contribution in [-0.4, -0.2) is 44.8 Å². The van der Waals surface area contributed by atoms with Gasteiger partial charge in [-0.1, -0.05) is 12.1 Å². The lowest BCUT2D eigenvalue weighted by Crippen LogP contribution is -2.26. The topological polar surface area (TPSA) is 120 Å². The summed E-state index contributed by atoms with van der Waals surface area (Å²) in [7, 11) is -3.78.